The Morgan fingerprint density at radius 1 is 1.23 bits per heavy atom. The molecule has 0 spiro atoms. The van der Waals surface area contributed by atoms with E-state index in [9.17, 15) is 0 Å². The minimum Gasteiger partial charge on any atom is -0.493 e. The van der Waals surface area contributed by atoms with Crippen LogP contribution in [0, 0.1) is 0 Å². The summed E-state index contributed by atoms with van der Waals surface area (Å²) in [6, 6.07) is 4.37. The molecule has 30 heavy (non-hydrogen) atoms. The Labute approximate surface area is 196 Å². The quantitative estimate of drug-likeness (QED) is 0.353. The van der Waals surface area contributed by atoms with E-state index >= 15 is 0 Å². The number of guanidine groups is 1. The highest BCUT2D eigenvalue weighted by Gasteiger charge is 2.23. The van der Waals surface area contributed by atoms with Crippen molar-refractivity contribution in [2.75, 3.05) is 48.5 Å². The number of methoxy groups -OCH3 is 2. The number of halogens is 1. The highest BCUT2D eigenvalue weighted by atomic mass is 127. The van der Waals surface area contributed by atoms with E-state index in [1.807, 2.05) is 25.0 Å². The van der Waals surface area contributed by atoms with E-state index in [-0.39, 0.29) is 30.0 Å². The zero-order valence-electron chi connectivity index (χ0n) is 18.7. The molecule has 2 heterocycles. The maximum atomic E-state index is 5.48. The van der Waals surface area contributed by atoms with Gasteiger partial charge in [0, 0.05) is 45.5 Å². The van der Waals surface area contributed by atoms with Gasteiger partial charge in [0.25, 0.3) is 0 Å². The number of nitrogens with zero attached hydrogens (tertiary/aromatic N) is 5. The normalized spacial score (nSPS) is 14.8. The Morgan fingerprint density at radius 2 is 1.90 bits per heavy atom. The van der Waals surface area contributed by atoms with E-state index in [2.05, 4.69) is 57.6 Å². The number of nitrogens with one attached hydrogen (secondary N) is 1. The predicted octanol–water partition coefficient (Wildman–Crippen LogP) is 2.29. The van der Waals surface area contributed by atoms with Crippen LogP contribution in [0.4, 0.5) is 0 Å². The van der Waals surface area contributed by atoms with Crippen LogP contribution in [0.15, 0.2) is 29.5 Å². The largest absolute Gasteiger partial charge is 0.493 e. The molecular weight excluding hydrogens is 495 g/mol. The monoisotopic (exact) mass is 528 g/mol. The fourth-order valence-corrected chi connectivity index (χ4v) is 3.79. The van der Waals surface area contributed by atoms with Crippen molar-refractivity contribution in [3.63, 3.8) is 0 Å². The number of aromatic nitrogens is 2. The van der Waals surface area contributed by atoms with Crippen molar-refractivity contribution < 1.29 is 9.47 Å². The van der Waals surface area contributed by atoms with E-state index in [0.717, 1.165) is 43.5 Å². The van der Waals surface area contributed by atoms with Crippen molar-refractivity contribution in [3.8, 4) is 11.5 Å². The van der Waals surface area contributed by atoms with Crippen LogP contribution in [-0.2, 0) is 20.0 Å². The molecule has 1 aromatic heterocycles. The molecule has 1 unspecified atom stereocenters. The fourth-order valence-electron chi connectivity index (χ4n) is 3.79. The van der Waals surface area contributed by atoms with E-state index in [1.165, 1.54) is 16.7 Å². The molecule has 0 radical (unpaired) electrons. The minimum atomic E-state index is 0. The molecule has 1 N–H and O–H groups in total. The number of ether oxygens (including phenoxy) is 2. The molecule has 1 aromatic carbocycles. The lowest BCUT2D eigenvalue weighted by atomic mass is 9.99. The van der Waals surface area contributed by atoms with E-state index < -0.39 is 0 Å². The molecule has 9 heteroatoms. The summed E-state index contributed by atoms with van der Waals surface area (Å²) >= 11 is 0. The fraction of sp³-hybridized carbons (Fsp3) is 0.524. The van der Waals surface area contributed by atoms with Gasteiger partial charge in [-0.2, -0.15) is 5.10 Å². The number of hydrogen-bond acceptors (Lipinski definition) is 5. The summed E-state index contributed by atoms with van der Waals surface area (Å²) in [6.07, 6.45) is 4.92. The summed E-state index contributed by atoms with van der Waals surface area (Å²) in [5, 5.41) is 7.86. The smallest absolute Gasteiger partial charge is 0.194 e. The molecule has 1 aliphatic rings. The SMILES string of the molecule is CN=C(NCC(c1cnn(C)c1)N(C)C)N1CCc2cc(OC)c(OC)cc2C1.I. The molecule has 0 amide bonds. The average molecular weight is 528 g/mol. The van der Waals surface area contributed by atoms with Crippen LogP contribution >= 0.6 is 24.0 Å². The van der Waals surface area contributed by atoms with Crippen LogP contribution in [0.5, 0.6) is 11.5 Å². The minimum absolute atomic E-state index is 0. The molecule has 2 aromatic rings. The maximum absolute atomic E-state index is 5.48. The van der Waals surface area contributed by atoms with E-state index in [1.54, 1.807) is 14.2 Å². The summed E-state index contributed by atoms with van der Waals surface area (Å²) in [5.74, 6) is 2.45. The van der Waals surface area contributed by atoms with Crippen molar-refractivity contribution in [1.29, 1.82) is 0 Å². The van der Waals surface area contributed by atoms with Crippen molar-refractivity contribution in [3.05, 3.63) is 41.2 Å². The van der Waals surface area contributed by atoms with Crippen LogP contribution in [0.1, 0.15) is 22.7 Å². The van der Waals surface area contributed by atoms with Gasteiger partial charge >= 0.3 is 0 Å². The second kappa shape index (κ2) is 10.9. The predicted molar refractivity (Wildman–Crippen MR) is 130 cm³/mol. The van der Waals surface area contributed by atoms with Crippen LogP contribution < -0.4 is 14.8 Å². The Morgan fingerprint density at radius 3 is 2.43 bits per heavy atom. The first kappa shape index (κ1) is 24.3. The zero-order valence-corrected chi connectivity index (χ0v) is 21.0. The summed E-state index contributed by atoms with van der Waals surface area (Å²) < 4.78 is 12.8. The van der Waals surface area contributed by atoms with Gasteiger partial charge in [-0.25, -0.2) is 0 Å². The third-order valence-electron chi connectivity index (χ3n) is 5.42. The lowest BCUT2D eigenvalue weighted by Crippen LogP contribution is -2.46. The Kier molecular flexibility index (Phi) is 8.78. The summed E-state index contributed by atoms with van der Waals surface area (Å²) in [6.45, 7) is 2.44. The van der Waals surface area contributed by atoms with Gasteiger partial charge in [0.05, 0.1) is 26.5 Å². The van der Waals surface area contributed by atoms with Gasteiger partial charge in [-0.1, -0.05) is 0 Å². The average Bonchev–Trinajstić information content (AvgIpc) is 3.15. The number of aliphatic imine (C=N–C) groups is 1. The maximum Gasteiger partial charge on any atom is 0.194 e. The first-order valence-electron chi connectivity index (χ1n) is 9.81. The standard InChI is InChI=1S/C21H32N6O2.HI/c1-22-21(23-12-18(25(2)3)17-11-24-26(4)13-17)27-8-7-15-9-19(28-5)20(29-6)10-16(15)14-27;/h9-11,13,18H,7-8,12,14H2,1-6H3,(H,22,23);1H. The lowest BCUT2D eigenvalue weighted by Gasteiger charge is -2.33. The molecule has 0 aliphatic carbocycles. The second-order valence-corrected chi connectivity index (χ2v) is 7.50. The molecule has 0 bridgehead atoms. The van der Waals surface area contributed by atoms with Gasteiger partial charge in [0.15, 0.2) is 17.5 Å². The molecule has 8 nitrogen and oxygen atoms in total. The Bertz CT molecular complexity index is 867. The number of fused-ring (bicyclic) bond motifs is 1. The molecule has 0 saturated carbocycles. The van der Waals surface area contributed by atoms with Gasteiger partial charge < -0.3 is 24.6 Å². The molecule has 1 atom stereocenters. The number of likely N-dealkylation sites (N-methyl/N-ethyl adjacent to an activating group) is 1. The van der Waals surface area contributed by atoms with Gasteiger partial charge in [-0.3, -0.25) is 9.67 Å². The highest BCUT2D eigenvalue weighted by molar-refractivity contribution is 14.0. The van der Waals surface area contributed by atoms with Gasteiger partial charge in [0.1, 0.15) is 0 Å². The second-order valence-electron chi connectivity index (χ2n) is 7.50. The van der Waals surface area contributed by atoms with Gasteiger partial charge in [0.2, 0.25) is 0 Å². The Hall–Kier alpha value is -2.01. The van der Waals surface area contributed by atoms with Crippen molar-refractivity contribution >= 4 is 29.9 Å². The summed E-state index contributed by atoms with van der Waals surface area (Å²) in [5.41, 5.74) is 3.73. The topological polar surface area (TPSA) is 67.2 Å². The van der Waals surface area contributed by atoms with Gasteiger partial charge in [-0.05, 0) is 43.8 Å². The number of hydrogen-bond donors (Lipinski definition) is 1. The Balaban J connectivity index is 0.00000320. The molecule has 1 aliphatic heterocycles. The number of aryl methyl sites for hydroxylation is 1. The van der Waals surface area contributed by atoms with Crippen molar-refractivity contribution in [2.24, 2.45) is 12.0 Å². The lowest BCUT2D eigenvalue weighted by molar-refractivity contribution is 0.291. The van der Waals surface area contributed by atoms with Crippen LogP contribution in [0.25, 0.3) is 0 Å². The molecule has 0 saturated heterocycles. The van der Waals surface area contributed by atoms with Crippen LogP contribution in [0.2, 0.25) is 0 Å². The first-order valence-corrected chi connectivity index (χ1v) is 9.81. The molecule has 3 rings (SSSR count). The molecule has 166 valence electrons. The van der Waals surface area contributed by atoms with E-state index in [4.69, 9.17) is 9.47 Å². The third kappa shape index (κ3) is 5.37. The molecular formula is C21H33IN6O2. The number of rotatable bonds is 6. The highest BCUT2D eigenvalue weighted by Crippen LogP contribution is 2.33. The van der Waals surface area contributed by atoms with Gasteiger partial charge in [-0.15, -0.1) is 24.0 Å². The van der Waals surface area contributed by atoms with Crippen molar-refractivity contribution in [1.82, 2.24) is 24.9 Å². The van der Waals surface area contributed by atoms with Crippen LogP contribution in [0.3, 0.4) is 0 Å². The third-order valence-corrected chi connectivity index (χ3v) is 5.42. The zero-order chi connectivity index (χ0) is 21.0. The van der Waals surface area contributed by atoms with E-state index in [0.29, 0.717) is 0 Å². The first-order chi connectivity index (χ1) is 14.0. The van der Waals surface area contributed by atoms with Crippen LogP contribution in [-0.4, -0.2) is 74.0 Å². The number of benzene rings is 1. The molecule has 0 fully saturated rings. The summed E-state index contributed by atoms with van der Waals surface area (Å²) in [7, 11) is 11.3. The summed E-state index contributed by atoms with van der Waals surface area (Å²) in [4.78, 5) is 9.00. The van der Waals surface area contributed by atoms with Crippen molar-refractivity contribution in [2.45, 2.75) is 19.0 Å².